The van der Waals surface area contributed by atoms with Crippen LogP contribution in [-0.2, 0) is 30.7 Å². The van der Waals surface area contributed by atoms with E-state index in [9.17, 15) is 18.0 Å². The van der Waals surface area contributed by atoms with Gasteiger partial charge in [0.1, 0.15) is 5.58 Å². The second kappa shape index (κ2) is 8.46. The van der Waals surface area contributed by atoms with Gasteiger partial charge in [0.25, 0.3) is 5.91 Å². The normalized spacial score (nSPS) is 11.4. The maximum absolute atomic E-state index is 12.4. The van der Waals surface area contributed by atoms with Crippen LogP contribution in [0.1, 0.15) is 16.1 Å². The third-order valence-electron chi connectivity index (χ3n) is 4.05. The van der Waals surface area contributed by atoms with Gasteiger partial charge in [-0.1, -0.05) is 24.3 Å². The van der Waals surface area contributed by atoms with Crippen LogP contribution < -0.4 is 5.32 Å². The van der Waals surface area contributed by atoms with Gasteiger partial charge in [-0.05, 0) is 24.3 Å². The van der Waals surface area contributed by atoms with Crippen molar-refractivity contribution in [2.24, 2.45) is 0 Å². The molecule has 0 spiro atoms. The van der Waals surface area contributed by atoms with Gasteiger partial charge in [-0.2, -0.15) is 0 Å². The Bertz CT molecular complexity index is 1160. The van der Waals surface area contributed by atoms with Gasteiger partial charge < -0.3 is 19.2 Å². The minimum Gasteiger partial charge on any atom is -0.450 e. The molecule has 8 nitrogen and oxygen atoms in total. The first-order valence-corrected chi connectivity index (χ1v) is 10.4. The third-order valence-corrected chi connectivity index (χ3v) is 5.16. The Morgan fingerprint density at radius 1 is 1.10 bits per heavy atom. The number of carbonyl (C=O) groups excluding carboxylic acids is 2. The number of sulfone groups is 1. The highest BCUT2D eigenvalue weighted by Crippen LogP contribution is 2.27. The van der Waals surface area contributed by atoms with E-state index >= 15 is 0 Å². The Labute approximate surface area is 167 Å². The zero-order chi connectivity index (χ0) is 21.0. The Balaban J connectivity index is 1.69. The molecule has 0 saturated heterocycles. The van der Waals surface area contributed by atoms with Crippen molar-refractivity contribution in [1.82, 2.24) is 0 Å². The van der Waals surface area contributed by atoms with Gasteiger partial charge >= 0.3 is 5.97 Å². The predicted octanol–water partition coefficient (Wildman–Crippen LogP) is 2.78. The van der Waals surface area contributed by atoms with E-state index in [0.717, 1.165) is 11.6 Å². The molecule has 0 radical (unpaired) electrons. The van der Waals surface area contributed by atoms with E-state index in [2.05, 4.69) is 5.32 Å². The number of anilines is 1. The van der Waals surface area contributed by atoms with Crippen molar-refractivity contribution in [2.45, 2.75) is 11.5 Å². The molecule has 3 rings (SSSR count). The van der Waals surface area contributed by atoms with E-state index in [1.54, 1.807) is 18.2 Å². The number of furan rings is 1. The highest BCUT2D eigenvalue weighted by molar-refractivity contribution is 7.90. The molecule has 0 bridgehead atoms. The van der Waals surface area contributed by atoms with Gasteiger partial charge in [0.05, 0.1) is 11.5 Å². The van der Waals surface area contributed by atoms with Crippen molar-refractivity contribution >= 4 is 38.4 Å². The second-order valence-electron chi connectivity index (χ2n) is 6.26. The Kier molecular flexibility index (Phi) is 6.00. The van der Waals surface area contributed by atoms with Crippen LogP contribution in [0.3, 0.4) is 0 Å². The number of fused-ring (bicyclic) bond motifs is 1. The SMILES string of the molecule is COCc1c(C(=O)OCC(=O)Nc2cccc(S(C)(=O)=O)c2)oc2ccccc12. The zero-order valence-corrected chi connectivity index (χ0v) is 16.6. The minimum atomic E-state index is -3.41. The van der Waals surface area contributed by atoms with Crippen LogP contribution in [0, 0.1) is 0 Å². The van der Waals surface area contributed by atoms with Crippen LogP contribution in [0.25, 0.3) is 11.0 Å². The summed E-state index contributed by atoms with van der Waals surface area (Å²) in [7, 11) is -1.91. The topological polar surface area (TPSA) is 112 Å². The van der Waals surface area contributed by atoms with Gasteiger partial charge in [-0.15, -0.1) is 0 Å². The number of rotatable bonds is 7. The fourth-order valence-corrected chi connectivity index (χ4v) is 3.42. The fourth-order valence-electron chi connectivity index (χ4n) is 2.75. The van der Waals surface area contributed by atoms with Crippen molar-refractivity contribution in [3.8, 4) is 0 Å². The van der Waals surface area contributed by atoms with Crippen LogP contribution >= 0.6 is 0 Å². The fraction of sp³-hybridized carbons (Fsp3) is 0.200. The van der Waals surface area contributed by atoms with Crippen LogP contribution in [0.15, 0.2) is 57.8 Å². The summed E-state index contributed by atoms with van der Waals surface area (Å²) in [5.41, 5.74) is 1.32. The molecular formula is C20H19NO7S. The lowest BCUT2D eigenvalue weighted by molar-refractivity contribution is -0.119. The number of methoxy groups -OCH3 is 1. The van der Waals surface area contributed by atoms with Gasteiger partial charge in [-0.3, -0.25) is 4.79 Å². The minimum absolute atomic E-state index is 0.0278. The standard InChI is InChI=1S/C20H19NO7S/c1-26-11-16-15-8-3-4-9-17(15)28-19(16)20(23)27-12-18(22)21-13-6-5-7-14(10-13)29(2,24)25/h3-10H,11-12H2,1-2H3,(H,21,22). The van der Waals surface area contributed by atoms with Crippen LogP contribution in [-0.4, -0.2) is 40.3 Å². The lowest BCUT2D eigenvalue weighted by Gasteiger charge is -2.08. The molecule has 1 amide bonds. The van der Waals surface area contributed by atoms with Gasteiger partial charge in [0.2, 0.25) is 5.76 Å². The monoisotopic (exact) mass is 417 g/mol. The molecule has 0 saturated carbocycles. The van der Waals surface area contributed by atoms with E-state index < -0.39 is 28.3 Å². The predicted molar refractivity (Wildman–Crippen MR) is 105 cm³/mol. The number of amides is 1. The molecule has 0 atom stereocenters. The third kappa shape index (κ3) is 4.82. The number of carbonyl (C=O) groups is 2. The van der Waals surface area contributed by atoms with Gasteiger partial charge in [0.15, 0.2) is 16.4 Å². The van der Waals surface area contributed by atoms with Crippen LogP contribution in [0.4, 0.5) is 5.69 Å². The largest absolute Gasteiger partial charge is 0.450 e. The molecule has 0 aliphatic rings. The molecular weight excluding hydrogens is 398 g/mol. The molecule has 3 aromatic rings. The summed E-state index contributed by atoms with van der Waals surface area (Å²) in [6.45, 7) is -0.419. The van der Waals surface area contributed by atoms with E-state index in [0.29, 0.717) is 11.1 Å². The number of benzene rings is 2. The van der Waals surface area contributed by atoms with E-state index in [-0.39, 0.29) is 22.9 Å². The molecule has 1 heterocycles. The summed E-state index contributed by atoms with van der Waals surface area (Å²) >= 11 is 0. The Morgan fingerprint density at radius 2 is 1.86 bits per heavy atom. The highest BCUT2D eigenvalue weighted by atomic mass is 32.2. The summed E-state index contributed by atoms with van der Waals surface area (Å²) in [4.78, 5) is 24.6. The van der Waals surface area contributed by atoms with Gasteiger partial charge in [0, 0.05) is 30.0 Å². The maximum atomic E-state index is 12.4. The number of ether oxygens (including phenoxy) is 2. The summed E-state index contributed by atoms with van der Waals surface area (Å²) in [5.74, 6) is -1.44. The van der Waals surface area contributed by atoms with E-state index in [1.165, 1.54) is 31.4 Å². The number of hydrogen-bond donors (Lipinski definition) is 1. The van der Waals surface area contributed by atoms with Crippen molar-refractivity contribution in [1.29, 1.82) is 0 Å². The second-order valence-corrected chi connectivity index (χ2v) is 8.28. The summed E-state index contributed by atoms with van der Waals surface area (Å²) in [6.07, 6.45) is 1.07. The van der Waals surface area contributed by atoms with Crippen molar-refractivity contribution in [3.05, 3.63) is 59.9 Å². The van der Waals surface area contributed by atoms with Crippen molar-refractivity contribution in [3.63, 3.8) is 0 Å². The number of para-hydroxylation sites is 1. The van der Waals surface area contributed by atoms with Crippen LogP contribution in [0.5, 0.6) is 0 Å². The molecule has 1 N–H and O–H groups in total. The maximum Gasteiger partial charge on any atom is 0.375 e. The lowest BCUT2D eigenvalue weighted by Crippen LogP contribution is -2.21. The molecule has 9 heteroatoms. The summed E-state index contributed by atoms with van der Waals surface area (Å²) < 4.78 is 39.0. The Hall–Kier alpha value is -3.17. The smallest absolute Gasteiger partial charge is 0.375 e. The van der Waals surface area contributed by atoms with Crippen molar-refractivity contribution < 1.29 is 31.9 Å². The first kappa shape index (κ1) is 20.6. The van der Waals surface area contributed by atoms with Crippen molar-refractivity contribution in [2.75, 3.05) is 25.3 Å². The van der Waals surface area contributed by atoms with E-state index in [4.69, 9.17) is 13.9 Å². The summed E-state index contributed by atoms with van der Waals surface area (Å²) in [6, 6.07) is 12.9. The average molecular weight is 417 g/mol. The van der Waals surface area contributed by atoms with Crippen LogP contribution in [0.2, 0.25) is 0 Å². The molecule has 152 valence electrons. The molecule has 1 aromatic heterocycles. The quantitative estimate of drug-likeness (QED) is 0.588. The summed E-state index contributed by atoms with van der Waals surface area (Å²) in [5, 5.41) is 3.22. The molecule has 2 aromatic carbocycles. The lowest BCUT2D eigenvalue weighted by atomic mass is 10.1. The molecule has 0 unspecified atom stereocenters. The highest BCUT2D eigenvalue weighted by Gasteiger charge is 2.22. The van der Waals surface area contributed by atoms with Gasteiger partial charge in [-0.25, -0.2) is 13.2 Å². The first-order valence-electron chi connectivity index (χ1n) is 8.56. The molecule has 29 heavy (non-hydrogen) atoms. The molecule has 0 aliphatic carbocycles. The molecule has 0 fully saturated rings. The number of hydrogen-bond acceptors (Lipinski definition) is 7. The molecule has 0 aliphatic heterocycles. The Morgan fingerprint density at radius 3 is 2.59 bits per heavy atom. The zero-order valence-electron chi connectivity index (χ0n) is 15.8. The van der Waals surface area contributed by atoms with E-state index in [1.807, 2.05) is 6.07 Å². The number of nitrogens with one attached hydrogen (secondary N) is 1. The number of esters is 1. The average Bonchev–Trinajstić information content (AvgIpc) is 3.05. The first-order chi connectivity index (χ1) is 13.8.